The first-order valence-electron chi connectivity index (χ1n) is 8.55. The van der Waals surface area contributed by atoms with Crippen LogP contribution < -0.4 is 4.80 Å². The highest BCUT2D eigenvalue weighted by molar-refractivity contribution is 7.16. The first-order chi connectivity index (χ1) is 13.5. The van der Waals surface area contributed by atoms with Gasteiger partial charge in [0.1, 0.15) is 0 Å². The normalized spacial score (nSPS) is 11.8. The number of halogens is 1. The summed E-state index contributed by atoms with van der Waals surface area (Å²) in [6.07, 6.45) is 0.117. The molecule has 3 aromatic rings. The van der Waals surface area contributed by atoms with Crippen molar-refractivity contribution in [3.8, 4) is 0 Å². The van der Waals surface area contributed by atoms with Crippen LogP contribution in [0.15, 0.2) is 47.5 Å². The van der Waals surface area contributed by atoms with E-state index in [4.69, 9.17) is 21.1 Å². The molecule has 0 N–H and O–H groups in total. The van der Waals surface area contributed by atoms with Crippen molar-refractivity contribution in [2.24, 2.45) is 4.99 Å². The highest BCUT2D eigenvalue weighted by atomic mass is 35.5. The van der Waals surface area contributed by atoms with Crippen molar-refractivity contribution in [3.05, 3.63) is 63.4 Å². The van der Waals surface area contributed by atoms with Crippen molar-refractivity contribution in [1.29, 1.82) is 0 Å². The lowest BCUT2D eigenvalue weighted by molar-refractivity contribution is -0.117. The van der Waals surface area contributed by atoms with Gasteiger partial charge in [-0.25, -0.2) is 4.79 Å². The molecule has 0 aliphatic rings. The second-order valence-corrected chi connectivity index (χ2v) is 7.39. The van der Waals surface area contributed by atoms with Gasteiger partial charge >= 0.3 is 5.97 Å². The zero-order chi connectivity index (χ0) is 20.1. The number of thiazole rings is 1. The summed E-state index contributed by atoms with van der Waals surface area (Å²) in [7, 11) is 2.96. The number of fused-ring (bicyclic) bond motifs is 1. The number of amides is 1. The Bertz CT molecular complexity index is 1090. The SMILES string of the molecule is COCCn1c(=NC(=O)Cc2ccccc2Cl)sc2cc(C(=O)OC)ccc21. The third kappa shape index (κ3) is 4.49. The number of carbonyl (C=O) groups is 2. The third-order valence-electron chi connectivity index (χ3n) is 4.14. The van der Waals surface area contributed by atoms with Crippen molar-refractivity contribution < 1.29 is 19.1 Å². The van der Waals surface area contributed by atoms with Gasteiger partial charge in [-0.2, -0.15) is 4.99 Å². The Kier molecular flexibility index (Phi) is 6.61. The van der Waals surface area contributed by atoms with Gasteiger partial charge in [-0.05, 0) is 29.8 Å². The summed E-state index contributed by atoms with van der Waals surface area (Å²) in [6.45, 7) is 1.00. The highest BCUT2D eigenvalue weighted by Gasteiger charge is 2.13. The summed E-state index contributed by atoms with van der Waals surface area (Å²) in [5.74, 6) is -0.703. The van der Waals surface area contributed by atoms with E-state index in [1.165, 1.54) is 18.4 Å². The zero-order valence-corrected chi connectivity index (χ0v) is 17.0. The molecule has 3 rings (SSSR count). The van der Waals surface area contributed by atoms with Crippen LogP contribution in [-0.2, 0) is 27.2 Å². The van der Waals surface area contributed by atoms with E-state index in [1.54, 1.807) is 25.3 Å². The van der Waals surface area contributed by atoms with E-state index >= 15 is 0 Å². The molecule has 28 heavy (non-hydrogen) atoms. The Morgan fingerprint density at radius 2 is 1.96 bits per heavy atom. The molecular formula is C20H19ClN2O4S. The molecule has 146 valence electrons. The third-order valence-corrected chi connectivity index (χ3v) is 5.55. The predicted octanol–water partition coefficient (Wildman–Crippen LogP) is 3.46. The molecule has 1 amide bonds. The standard InChI is InChI=1S/C20H19ClN2O4S/c1-26-10-9-23-16-8-7-14(19(25)27-2)11-17(16)28-20(23)22-18(24)12-13-5-3-4-6-15(13)21/h3-8,11H,9-10,12H2,1-2H3. The quantitative estimate of drug-likeness (QED) is 0.575. The fourth-order valence-corrected chi connectivity index (χ4v) is 4.07. The number of methoxy groups -OCH3 is 2. The van der Waals surface area contributed by atoms with E-state index in [2.05, 4.69) is 4.99 Å². The van der Waals surface area contributed by atoms with Crippen molar-refractivity contribution in [2.75, 3.05) is 20.8 Å². The predicted molar refractivity (Wildman–Crippen MR) is 109 cm³/mol. The number of esters is 1. The summed E-state index contributed by atoms with van der Waals surface area (Å²) in [5, 5.41) is 0.539. The Hall–Kier alpha value is -2.48. The van der Waals surface area contributed by atoms with Crippen LogP contribution in [-0.4, -0.2) is 37.3 Å². The van der Waals surface area contributed by atoms with E-state index in [0.29, 0.717) is 28.5 Å². The van der Waals surface area contributed by atoms with E-state index in [9.17, 15) is 9.59 Å². The van der Waals surface area contributed by atoms with Gasteiger partial charge in [0.05, 0.1) is 35.9 Å². The number of aromatic nitrogens is 1. The second-order valence-electron chi connectivity index (χ2n) is 5.98. The zero-order valence-electron chi connectivity index (χ0n) is 15.5. The number of rotatable bonds is 6. The number of hydrogen-bond acceptors (Lipinski definition) is 5. The van der Waals surface area contributed by atoms with Crippen LogP contribution in [0.2, 0.25) is 5.02 Å². The minimum absolute atomic E-state index is 0.117. The Morgan fingerprint density at radius 1 is 1.18 bits per heavy atom. The minimum atomic E-state index is -0.410. The van der Waals surface area contributed by atoms with Gasteiger partial charge in [-0.3, -0.25) is 4.79 Å². The second kappa shape index (κ2) is 9.14. The maximum absolute atomic E-state index is 12.5. The minimum Gasteiger partial charge on any atom is -0.465 e. The monoisotopic (exact) mass is 418 g/mol. The highest BCUT2D eigenvalue weighted by Crippen LogP contribution is 2.20. The molecule has 0 aliphatic carbocycles. The van der Waals surface area contributed by atoms with Gasteiger partial charge in [-0.1, -0.05) is 41.1 Å². The van der Waals surface area contributed by atoms with Crippen molar-refractivity contribution in [3.63, 3.8) is 0 Å². The summed E-state index contributed by atoms with van der Waals surface area (Å²) < 4.78 is 12.7. The molecule has 0 saturated carbocycles. The fourth-order valence-electron chi connectivity index (χ4n) is 2.75. The molecule has 6 nitrogen and oxygen atoms in total. The van der Waals surface area contributed by atoms with Gasteiger partial charge in [0.2, 0.25) is 0 Å². The number of benzene rings is 2. The van der Waals surface area contributed by atoms with Gasteiger partial charge in [-0.15, -0.1) is 0 Å². The maximum Gasteiger partial charge on any atom is 0.337 e. The lowest BCUT2D eigenvalue weighted by atomic mass is 10.1. The molecular weight excluding hydrogens is 400 g/mol. The summed E-state index contributed by atoms with van der Waals surface area (Å²) in [5.41, 5.74) is 2.05. The topological polar surface area (TPSA) is 69.9 Å². The van der Waals surface area contributed by atoms with Crippen LogP contribution in [0, 0.1) is 0 Å². The number of ether oxygens (including phenoxy) is 2. The molecule has 0 fully saturated rings. The molecule has 8 heteroatoms. The lowest BCUT2D eigenvalue weighted by Crippen LogP contribution is -2.19. The molecule has 0 spiro atoms. The molecule has 0 saturated heterocycles. The van der Waals surface area contributed by atoms with Gasteiger partial charge in [0.15, 0.2) is 4.80 Å². The summed E-state index contributed by atoms with van der Waals surface area (Å²) in [4.78, 5) is 29.2. The van der Waals surface area contributed by atoms with E-state index in [-0.39, 0.29) is 12.3 Å². The number of nitrogens with zero attached hydrogens (tertiary/aromatic N) is 2. The summed E-state index contributed by atoms with van der Waals surface area (Å²) >= 11 is 7.48. The van der Waals surface area contributed by atoms with Crippen LogP contribution in [0.4, 0.5) is 0 Å². The molecule has 0 unspecified atom stereocenters. The molecule has 0 bridgehead atoms. The van der Waals surface area contributed by atoms with Crippen molar-refractivity contribution in [2.45, 2.75) is 13.0 Å². The van der Waals surface area contributed by atoms with Gasteiger partial charge in [0, 0.05) is 18.7 Å². The van der Waals surface area contributed by atoms with E-state index in [1.807, 2.05) is 28.8 Å². The van der Waals surface area contributed by atoms with Crippen LogP contribution in [0.1, 0.15) is 15.9 Å². The molecule has 2 aromatic carbocycles. The number of carbonyl (C=O) groups excluding carboxylic acids is 2. The Balaban J connectivity index is 2.02. The molecule has 0 aliphatic heterocycles. The number of hydrogen-bond donors (Lipinski definition) is 0. The van der Waals surface area contributed by atoms with Crippen molar-refractivity contribution >= 4 is 45.0 Å². The smallest absolute Gasteiger partial charge is 0.337 e. The first kappa shape index (κ1) is 20.3. The van der Waals surface area contributed by atoms with Crippen LogP contribution in [0.5, 0.6) is 0 Å². The Morgan fingerprint density at radius 3 is 2.68 bits per heavy atom. The Labute approximate surface area is 171 Å². The summed E-state index contributed by atoms with van der Waals surface area (Å²) in [6, 6.07) is 12.5. The molecule has 0 radical (unpaired) electrons. The average Bonchev–Trinajstić information content (AvgIpc) is 3.03. The largest absolute Gasteiger partial charge is 0.465 e. The maximum atomic E-state index is 12.5. The lowest BCUT2D eigenvalue weighted by Gasteiger charge is -2.05. The van der Waals surface area contributed by atoms with E-state index < -0.39 is 5.97 Å². The molecule has 1 heterocycles. The first-order valence-corrected chi connectivity index (χ1v) is 9.74. The van der Waals surface area contributed by atoms with Crippen molar-refractivity contribution in [1.82, 2.24) is 4.57 Å². The average molecular weight is 419 g/mol. The van der Waals surface area contributed by atoms with Gasteiger partial charge in [0.25, 0.3) is 5.91 Å². The van der Waals surface area contributed by atoms with Gasteiger partial charge < -0.3 is 14.0 Å². The van der Waals surface area contributed by atoms with E-state index in [0.717, 1.165) is 15.8 Å². The van der Waals surface area contributed by atoms with Crippen LogP contribution in [0.3, 0.4) is 0 Å². The molecule has 1 aromatic heterocycles. The van der Waals surface area contributed by atoms with Crippen LogP contribution >= 0.6 is 22.9 Å². The van der Waals surface area contributed by atoms with Crippen LogP contribution in [0.25, 0.3) is 10.2 Å². The molecule has 0 atom stereocenters. The fraction of sp³-hybridized carbons (Fsp3) is 0.250.